The fourth-order valence-electron chi connectivity index (χ4n) is 0.343. The highest BCUT2D eigenvalue weighted by atomic mass is 16.6. The van der Waals surface area contributed by atoms with Crippen LogP contribution in [-0.2, 0) is 19.1 Å². The van der Waals surface area contributed by atoms with Gasteiger partial charge in [-0.3, -0.25) is 0 Å². The Hall–Kier alpha value is -2.37. The maximum atomic E-state index is 10.5. The van der Waals surface area contributed by atoms with Gasteiger partial charge in [0.1, 0.15) is 5.60 Å². The molecule has 0 radical (unpaired) electrons. The van der Waals surface area contributed by atoms with Crippen LogP contribution in [0, 0.1) is 0 Å². The molecule has 20 heavy (non-hydrogen) atoms. The van der Waals surface area contributed by atoms with E-state index in [1.165, 1.54) is 6.92 Å². The van der Waals surface area contributed by atoms with E-state index < -0.39 is 17.5 Å². The molecule has 0 atom stereocenters. The SMILES string of the molecule is C=C(C)C(=O)[O-].C=CC(=O)O.C=CC(=O)OC(C)(C)C. The molecule has 114 valence electrons. The van der Waals surface area contributed by atoms with E-state index in [9.17, 15) is 19.5 Å². The van der Waals surface area contributed by atoms with Crippen LogP contribution in [0.15, 0.2) is 37.5 Å². The maximum absolute atomic E-state index is 10.5. The summed E-state index contributed by atoms with van der Waals surface area (Å²) in [6, 6.07) is 0. The molecule has 0 aromatic carbocycles. The molecule has 0 bridgehead atoms. The second-order valence-electron chi connectivity index (χ2n) is 4.35. The van der Waals surface area contributed by atoms with Crippen molar-refractivity contribution < 1.29 is 29.3 Å². The van der Waals surface area contributed by atoms with Gasteiger partial charge >= 0.3 is 11.9 Å². The van der Waals surface area contributed by atoms with Gasteiger partial charge in [-0.1, -0.05) is 19.7 Å². The van der Waals surface area contributed by atoms with Gasteiger partial charge in [0.25, 0.3) is 0 Å². The summed E-state index contributed by atoms with van der Waals surface area (Å²) in [6.45, 7) is 16.1. The molecule has 0 rings (SSSR count). The highest BCUT2D eigenvalue weighted by Gasteiger charge is 2.12. The molecule has 0 aliphatic rings. The number of hydrogen-bond acceptors (Lipinski definition) is 5. The van der Waals surface area contributed by atoms with E-state index >= 15 is 0 Å². The number of aliphatic carboxylic acids is 2. The van der Waals surface area contributed by atoms with Crippen molar-refractivity contribution in [2.45, 2.75) is 33.3 Å². The zero-order chi connectivity index (χ0) is 16.9. The third-order valence-electron chi connectivity index (χ3n) is 1.10. The fourth-order valence-corrected chi connectivity index (χ4v) is 0.343. The van der Waals surface area contributed by atoms with Crippen molar-refractivity contribution in [1.29, 1.82) is 0 Å². The first-order valence-corrected chi connectivity index (χ1v) is 5.45. The number of hydrogen-bond donors (Lipinski definition) is 1. The molecular weight excluding hydrogens is 264 g/mol. The zero-order valence-corrected chi connectivity index (χ0v) is 12.3. The Labute approximate surface area is 119 Å². The van der Waals surface area contributed by atoms with E-state index in [1.807, 2.05) is 20.8 Å². The summed E-state index contributed by atoms with van der Waals surface area (Å²) in [5.41, 5.74) is -0.333. The second kappa shape index (κ2) is 11.7. The minimum atomic E-state index is -1.19. The number of rotatable bonds is 3. The third kappa shape index (κ3) is 29.6. The van der Waals surface area contributed by atoms with E-state index in [0.717, 1.165) is 12.2 Å². The van der Waals surface area contributed by atoms with Crippen molar-refractivity contribution in [3.05, 3.63) is 37.5 Å². The lowest BCUT2D eigenvalue weighted by molar-refractivity contribution is -0.299. The molecule has 1 N–H and O–H groups in total. The molecule has 0 heterocycles. The largest absolute Gasteiger partial charge is 0.545 e. The number of carboxylic acid groups (broad SMARTS) is 2. The summed E-state index contributed by atoms with van der Waals surface area (Å²) in [6.07, 6.45) is 1.99. The van der Waals surface area contributed by atoms with Gasteiger partial charge < -0.3 is 19.7 Å². The monoisotopic (exact) mass is 285 g/mol. The topological polar surface area (TPSA) is 104 Å². The van der Waals surface area contributed by atoms with Crippen LogP contribution in [0.1, 0.15) is 27.7 Å². The smallest absolute Gasteiger partial charge is 0.330 e. The zero-order valence-electron chi connectivity index (χ0n) is 12.3. The molecule has 0 unspecified atom stereocenters. The quantitative estimate of drug-likeness (QED) is 0.614. The van der Waals surface area contributed by atoms with Crippen LogP contribution in [0.4, 0.5) is 0 Å². The molecule has 0 aliphatic carbocycles. The predicted molar refractivity (Wildman–Crippen MR) is 73.7 cm³/mol. The van der Waals surface area contributed by atoms with Crippen molar-refractivity contribution in [2.24, 2.45) is 0 Å². The molecular formula is C14H21O6-. The molecule has 0 aromatic heterocycles. The summed E-state index contributed by atoms with van der Waals surface area (Å²) in [7, 11) is 0. The van der Waals surface area contributed by atoms with Crippen molar-refractivity contribution in [3.63, 3.8) is 0 Å². The van der Waals surface area contributed by atoms with Crippen LogP contribution < -0.4 is 5.11 Å². The summed E-state index contributed by atoms with van der Waals surface area (Å²) >= 11 is 0. The van der Waals surface area contributed by atoms with Gasteiger partial charge in [0.05, 0.1) is 5.97 Å². The number of ether oxygens (including phenoxy) is 1. The molecule has 0 aliphatic heterocycles. The standard InChI is InChI=1S/C7H12O2.C4H6O2.C3H4O2/c1-5-6(8)9-7(2,3)4;1-3(2)4(5)6;1-2-3(4)5/h5H,1H2,2-4H3;1H2,2H3,(H,5,6);2H,1H2,(H,4,5)/p-1. The Morgan fingerprint density at radius 2 is 1.45 bits per heavy atom. The van der Waals surface area contributed by atoms with Crippen LogP contribution in [-0.4, -0.2) is 28.6 Å². The molecule has 0 fully saturated rings. The van der Waals surface area contributed by atoms with E-state index in [0.29, 0.717) is 0 Å². The van der Waals surface area contributed by atoms with Crippen molar-refractivity contribution in [2.75, 3.05) is 0 Å². The highest BCUT2D eigenvalue weighted by molar-refractivity contribution is 5.82. The minimum Gasteiger partial charge on any atom is -0.545 e. The maximum Gasteiger partial charge on any atom is 0.330 e. The van der Waals surface area contributed by atoms with Crippen molar-refractivity contribution in [1.82, 2.24) is 0 Å². The summed E-state index contributed by atoms with van der Waals surface area (Å²) in [5, 5.41) is 17.1. The van der Waals surface area contributed by atoms with Gasteiger partial charge in [-0.25, -0.2) is 9.59 Å². The normalized spacial score (nSPS) is 8.60. The number of carboxylic acids is 2. The second-order valence-corrected chi connectivity index (χ2v) is 4.35. The fraction of sp³-hybridized carbons (Fsp3) is 0.357. The van der Waals surface area contributed by atoms with Crippen LogP contribution in [0.25, 0.3) is 0 Å². The molecule has 0 saturated carbocycles. The van der Waals surface area contributed by atoms with Crippen LogP contribution in [0.2, 0.25) is 0 Å². The van der Waals surface area contributed by atoms with E-state index in [4.69, 9.17) is 9.84 Å². The highest BCUT2D eigenvalue weighted by Crippen LogP contribution is 2.06. The van der Waals surface area contributed by atoms with Crippen LogP contribution >= 0.6 is 0 Å². The summed E-state index contributed by atoms with van der Waals surface area (Å²) in [4.78, 5) is 29.2. The Morgan fingerprint density at radius 3 is 1.50 bits per heavy atom. The average Bonchev–Trinajstić information content (AvgIpc) is 2.28. The minimum absolute atomic E-state index is 0.0648. The molecule has 0 aromatic rings. The first kappa shape index (κ1) is 22.8. The van der Waals surface area contributed by atoms with Gasteiger partial charge in [-0.15, -0.1) is 0 Å². The van der Waals surface area contributed by atoms with Gasteiger partial charge in [0.2, 0.25) is 0 Å². The first-order chi connectivity index (χ1) is 8.87. The lowest BCUT2D eigenvalue weighted by Gasteiger charge is -2.17. The summed E-state index contributed by atoms with van der Waals surface area (Å²) in [5.74, 6) is -2.54. The van der Waals surface area contributed by atoms with Gasteiger partial charge in [-0.05, 0) is 33.3 Å². The van der Waals surface area contributed by atoms with Gasteiger partial charge in [-0.2, -0.15) is 0 Å². The lowest BCUT2D eigenvalue weighted by Crippen LogP contribution is -2.22. The molecule has 0 amide bonds. The number of carbonyl (C=O) groups excluding carboxylic acids is 2. The Kier molecular flexibility index (Phi) is 13.3. The first-order valence-electron chi connectivity index (χ1n) is 5.45. The van der Waals surface area contributed by atoms with Crippen molar-refractivity contribution in [3.8, 4) is 0 Å². The van der Waals surface area contributed by atoms with E-state index in [-0.39, 0.29) is 11.5 Å². The molecule has 6 nitrogen and oxygen atoms in total. The average molecular weight is 285 g/mol. The van der Waals surface area contributed by atoms with E-state index in [2.05, 4.69) is 19.7 Å². The Bertz CT molecular complexity index is 362. The number of carbonyl (C=O) groups is 3. The molecule has 6 heteroatoms. The van der Waals surface area contributed by atoms with E-state index in [1.54, 1.807) is 0 Å². The summed E-state index contributed by atoms with van der Waals surface area (Å²) < 4.78 is 4.83. The third-order valence-corrected chi connectivity index (χ3v) is 1.10. The van der Waals surface area contributed by atoms with Crippen LogP contribution in [0.3, 0.4) is 0 Å². The van der Waals surface area contributed by atoms with Gasteiger partial charge in [0, 0.05) is 12.2 Å². The number of esters is 1. The molecule has 0 saturated heterocycles. The van der Waals surface area contributed by atoms with Gasteiger partial charge in [0.15, 0.2) is 0 Å². The van der Waals surface area contributed by atoms with Crippen molar-refractivity contribution >= 4 is 17.9 Å². The molecule has 0 spiro atoms. The lowest BCUT2D eigenvalue weighted by atomic mass is 10.2. The Balaban J connectivity index is -0.000000230. The van der Waals surface area contributed by atoms with Crippen LogP contribution in [0.5, 0.6) is 0 Å². The Morgan fingerprint density at radius 1 is 1.15 bits per heavy atom. The predicted octanol–water partition coefficient (Wildman–Crippen LogP) is 1.08.